The van der Waals surface area contributed by atoms with Crippen molar-refractivity contribution in [3.8, 4) is 0 Å². The van der Waals surface area contributed by atoms with Crippen molar-refractivity contribution in [2.24, 2.45) is 0 Å². The summed E-state index contributed by atoms with van der Waals surface area (Å²) in [6.07, 6.45) is 14.3. The Kier molecular flexibility index (Phi) is 17.3. The molecule has 1 fully saturated rings. The van der Waals surface area contributed by atoms with Crippen molar-refractivity contribution >= 4 is 7.82 Å². The Bertz CT molecular complexity index is 405. The second-order valence-electron chi connectivity index (χ2n) is 7.35. The summed E-state index contributed by atoms with van der Waals surface area (Å²) in [5, 5.41) is 13.1. The van der Waals surface area contributed by atoms with Crippen LogP contribution in [0.25, 0.3) is 0 Å². The van der Waals surface area contributed by atoms with Gasteiger partial charge in [-0.15, -0.1) is 0 Å². The molecule has 0 saturated heterocycles. The molecule has 0 amide bonds. The minimum Gasteiger partial charge on any atom is -0.302 e. The Morgan fingerprint density at radius 3 is 2.03 bits per heavy atom. The second-order valence-corrected chi connectivity index (χ2v) is 8.80. The molecule has 1 rings (SSSR count). The standard InChI is InChI=1S/C19H39O9P/c1-2-3-4-5-6-7-11-17-23-29(20,21)24-18-13-12-16-22-26-28-27-25-19-14-9-8-10-15-19/h19H,2-18H2,1H3,(H,20,21). The van der Waals surface area contributed by atoms with Gasteiger partial charge in [0, 0.05) is 0 Å². The van der Waals surface area contributed by atoms with E-state index in [9.17, 15) is 9.46 Å². The van der Waals surface area contributed by atoms with Gasteiger partial charge in [0.1, 0.15) is 0 Å². The molecule has 9 nitrogen and oxygen atoms in total. The molecule has 0 bridgehead atoms. The largest absolute Gasteiger partial charge is 0.472 e. The maximum absolute atomic E-state index is 11.7. The highest BCUT2D eigenvalue weighted by Crippen LogP contribution is 2.43. The van der Waals surface area contributed by atoms with Gasteiger partial charge in [-0.2, -0.15) is 0 Å². The van der Waals surface area contributed by atoms with Crippen LogP contribution in [0.4, 0.5) is 0 Å². The third-order valence-electron chi connectivity index (χ3n) is 4.71. The van der Waals surface area contributed by atoms with Crippen molar-refractivity contribution in [3.05, 3.63) is 0 Å². The lowest BCUT2D eigenvalue weighted by atomic mass is 9.98. The van der Waals surface area contributed by atoms with Gasteiger partial charge in [0.15, 0.2) is 0 Å². The van der Waals surface area contributed by atoms with Gasteiger partial charge < -0.3 is 4.89 Å². The summed E-state index contributed by atoms with van der Waals surface area (Å²) in [6, 6.07) is 0. The Balaban J connectivity index is 1.81. The van der Waals surface area contributed by atoms with Crippen molar-refractivity contribution in [2.45, 2.75) is 103 Å². The van der Waals surface area contributed by atoms with Gasteiger partial charge >= 0.3 is 7.82 Å². The molecule has 1 aliphatic carbocycles. The molecule has 10 heteroatoms. The molecule has 0 aromatic rings. The number of phosphoric acid groups is 1. The Hall–Kier alpha value is -0.0900. The summed E-state index contributed by atoms with van der Waals surface area (Å²) in [5.41, 5.74) is 0. The summed E-state index contributed by atoms with van der Waals surface area (Å²) >= 11 is 0. The van der Waals surface area contributed by atoms with Crippen LogP contribution in [0.1, 0.15) is 96.8 Å². The quantitative estimate of drug-likeness (QED) is 0.110. The highest BCUT2D eigenvalue weighted by atomic mass is 31.2. The first-order chi connectivity index (χ1) is 14.1. The Morgan fingerprint density at radius 1 is 0.759 bits per heavy atom. The van der Waals surface area contributed by atoms with E-state index in [-0.39, 0.29) is 25.9 Å². The summed E-state index contributed by atoms with van der Waals surface area (Å²) in [6.45, 7) is 2.73. The minimum absolute atomic E-state index is 0.0340. The van der Waals surface area contributed by atoms with Crippen LogP contribution in [-0.4, -0.2) is 30.8 Å². The average Bonchev–Trinajstić information content (AvgIpc) is 2.72. The van der Waals surface area contributed by atoms with Gasteiger partial charge in [0.25, 0.3) is 0 Å². The van der Waals surface area contributed by atoms with Crippen molar-refractivity contribution in [1.29, 1.82) is 0 Å². The molecule has 0 spiro atoms. The van der Waals surface area contributed by atoms with E-state index in [1.807, 2.05) is 0 Å². The summed E-state index contributed by atoms with van der Waals surface area (Å²) < 4.78 is 21.6. The van der Waals surface area contributed by atoms with Crippen molar-refractivity contribution in [1.82, 2.24) is 0 Å². The van der Waals surface area contributed by atoms with Gasteiger partial charge in [0.2, 0.25) is 0 Å². The van der Waals surface area contributed by atoms with E-state index in [1.54, 1.807) is 0 Å². The highest BCUT2D eigenvalue weighted by molar-refractivity contribution is 7.47. The van der Waals surface area contributed by atoms with Crippen molar-refractivity contribution in [2.75, 3.05) is 19.8 Å². The fourth-order valence-corrected chi connectivity index (χ4v) is 3.81. The second kappa shape index (κ2) is 18.7. The Morgan fingerprint density at radius 2 is 1.34 bits per heavy atom. The molecule has 0 aliphatic heterocycles. The van der Waals surface area contributed by atoms with E-state index in [4.69, 9.17) is 18.8 Å². The molecular formula is C19H39O9P. The molecular weight excluding hydrogens is 403 g/mol. The predicted octanol–water partition coefficient (Wildman–Crippen LogP) is 5.73. The van der Waals surface area contributed by atoms with Crippen LogP contribution in [0.3, 0.4) is 0 Å². The van der Waals surface area contributed by atoms with Crippen LogP contribution < -0.4 is 0 Å². The first-order valence-electron chi connectivity index (χ1n) is 11.0. The van der Waals surface area contributed by atoms with Gasteiger partial charge in [-0.05, 0) is 47.2 Å². The lowest BCUT2D eigenvalue weighted by molar-refractivity contribution is -0.713. The number of unbranched alkanes of at least 4 members (excludes halogenated alkanes) is 7. The van der Waals surface area contributed by atoms with E-state index in [0.29, 0.717) is 12.8 Å². The number of hydrogen-bond donors (Lipinski definition) is 1. The predicted molar refractivity (Wildman–Crippen MR) is 106 cm³/mol. The van der Waals surface area contributed by atoms with Gasteiger partial charge in [0.05, 0.1) is 25.9 Å². The van der Waals surface area contributed by atoms with Crippen LogP contribution in [0.2, 0.25) is 0 Å². The van der Waals surface area contributed by atoms with E-state index in [1.165, 1.54) is 32.1 Å². The van der Waals surface area contributed by atoms with Crippen molar-refractivity contribution < 1.29 is 43.4 Å². The zero-order valence-corrected chi connectivity index (χ0v) is 18.7. The normalized spacial score (nSPS) is 17.4. The number of rotatable bonds is 20. The smallest absolute Gasteiger partial charge is 0.302 e. The molecule has 1 aliphatic rings. The van der Waals surface area contributed by atoms with Crippen LogP contribution in [0, 0.1) is 0 Å². The molecule has 0 heterocycles. The fraction of sp³-hybridized carbons (Fsp3) is 1.00. The van der Waals surface area contributed by atoms with E-state index < -0.39 is 7.82 Å². The topological polar surface area (TPSA) is 102 Å². The van der Waals surface area contributed by atoms with Gasteiger partial charge in [-0.1, -0.05) is 64.7 Å². The maximum Gasteiger partial charge on any atom is 0.472 e. The average molecular weight is 442 g/mol. The molecule has 0 aromatic carbocycles. The number of phosphoric ester groups is 1. The molecule has 1 unspecified atom stereocenters. The van der Waals surface area contributed by atoms with Crippen LogP contribution >= 0.6 is 7.82 Å². The molecule has 29 heavy (non-hydrogen) atoms. The molecule has 1 N–H and O–H groups in total. The lowest BCUT2D eigenvalue weighted by Crippen LogP contribution is -2.17. The Labute approximate surface area is 174 Å². The lowest BCUT2D eigenvalue weighted by Gasteiger charge is -2.18. The minimum atomic E-state index is -3.98. The van der Waals surface area contributed by atoms with Gasteiger partial charge in [-0.3, -0.25) is 9.05 Å². The first kappa shape index (κ1) is 26.9. The SMILES string of the molecule is CCCCCCCCCOP(=O)(O)OCCCCOOOOOC1CCCCC1. The van der Waals surface area contributed by atoms with Gasteiger partial charge in [-0.25, -0.2) is 14.3 Å². The van der Waals surface area contributed by atoms with Crippen molar-refractivity contribution in [3.63, 3.8) is 0 Å². The summed E-state index contributed by atoms with van der Waals surface area (Å²) in [5.74, 6) is 0. The van der Waals surface area contributed by atoms with Crippen LogP contribution in [-0.2, 0) is 38.5 Å². The first-order valence-corrected chi connectivity index (χ1v) is 12.5. The van der Waals surface area contributed by atoms with E-state index in [0.717, 1.165) is 44.9 Å². The van der Waals surface area contributed by atoms with E-state index in [2.05, 4.69) is 22.0 Å². The highest BCUT2D eigenvalue weighted by Gasteiger charge is 2.20. The van der Waals surface area contributed by atoms with Crippen LogP contribution in [0.5, 0.6) is 0 Å². The molecule has 1 saturated carbocycles. The maximum atomic E-state index is 11.7. The zero-order valence-electron chi connectivity index (χ0n) is 17.8. The molecule has 1 atom stereocenters. The van der Waals surface area contributed by atoms with Crippen LogP contribution in [0.15, 0.2) is 0 Å². The summed E-state index contributed by atoms with van der Waals surface area (Å²) in [7, 11) is -3.98. The zero-order chi connectivity index (χ0) is 21.0. The third kappa shape index (κ3) is 17.3. The third-order valence-corrected chi connectivity index (χ3v) is 5.73. The fourth-order valence-electron chi connectivity index (χ4n) is 3.02. The molecule has 174 valence electrons. The summed E-state index contributed by atoms with van der Waals surface area (Å²) in [4.78, 5) is 19.4. The van der Waals surface area contributed by atoms with E-state index >= 15 is 0 Å². The molecule has 0 radical (unpaired) electrons. The monoisotopic (exact) mass is 442 g/mol. The number of hydrogen-bond acceptors (Lipinski definition) is 8. The molecule has 0 aromatic heterocycles.